The van der Waals surface area contributed by atoms with Gasteiger partial charge in [0.25, 0.3) is 12.3 Å². The van der Waals surface area contributed by atoms with Crippen molar-refractivity contribution in [2.45, 2.75) is 70.6 Å². The number of nitrogens with one attached hydrogen (secondary N) is 3. The number of guanidine groups is 1. The number of aromatic nitrogens is 5. The van der Waals surface area contributed by atoms with Crippen molar-refractivity contribution < 1.29 is 40.7 Å². The van der Waals surface area contributed by atoms with E-state index in [1.807, 2.05) is 20.8 Å². The number of halogens is 7. The van der Waals surface area contributed by atoms with Gasteiger partial charge in [0.2, 0.25) is 6.43 Å². The van der Waals surface area contributed by atoms with Crippen LogP contribution in [0.3, 0.4) is 0 Å². The number of alkyl halides is 6. The van der Waals surface area contributed by atoms with Gasteiger partial charge in [0.1, 0.15) is 18.5 Å². The quantitative estimate of drug-likeness (QED) is 0.129. The number of carbonyl (C=O) groups excluding carboxylic acids is 2. The molecule has 1 aliphatic carbocycles. The average molecular weight is 766 g/mol. The maximum Gasteiger partial charge on any atom is 0.407 e. The first-order valence-corrected chi connectivity index (χ1v) is 16.7. The zero-order chi connectivity index (χ0) is 38.4. The lowest BCUT2D eigenvalue weighted by atomic mass is 9.75. The smallest absolute Gasteiger partial charge is 0.407 e. The Hall–Kier alpha value is -5.13. The molecule has 2 aliphatic rings. The number of hydrogen-bond donors (Lipinski definition) is 3. The summed E-state index contributed by atoms with van der Waals surface area (Å²) in [6, 6.07) is 8.63. The fraction of sp³-hybridized carbons (Fsp3) is 0.412. The molecule has 19 heteroatoms. The van der Waals surface area contributed by atoms with Gasteiger partial charge in [-0.2, -0.15) is 19.0 Å². The van der Waals surface area contributed by atoms with Gasteiger partial charge < -0.3 is 15.4 Å². The van der Waals surface area contributed by atoms with Crippen LogP contribution < -0.4 is 10.6 Å². The zero-order valence-corrected chi connectivity index (χ0v) is 29.2. The van der Waals surface area contributed by atoms with Crippen LogP contribution in [0.4, 0.5) is 31.1 Å². The average Bonchev–Trinajstić information content (AvgIpc) is 3.38. The molecule has 2 fully saturated rings. The van der Waals surface area contributed by atoms with Crippen LogP contribution >= 0.6 is 11.6 Å². The number of amides is 2. The van der Waals surface area contributed by atoms with E-state index in [9.17, 15) is 35.9 Å². The number of rotatable bonds is 12. The molecule has 282 valence electrons. The molecule has 3 heterocycles. The van der Waals surface area contributed by atoms with Crippen LogP contribution in [0.5, 0.6) is 0 Å². The van der Waals surface area contributed by atoms with Crippen molar-refractivity contribution in [3.63, 3.8) is 0 Å². The first kappa shape index (κ1) is 37.6. The lowest BCUT2D eigenvalue weighted by Gasteiger charge is -2.35. The molecule has 4 aromatic rings. The van der Waals surface area contributed by atoms with Crippen molar-refractivity contribution in [2.75, 3.05) is 6.61 Å². The van der Waals surface area contributed by atoms with Gasteiger partial charge in [0.05, 0.1) is 22.9 Å². The van der Waals surface area contributed by atoms with Gasteiger partial charge in [-0.3, -0.25) is 15.1 Å². The minimum Gasteiger partial charge on any atom is -0.447 e. The molecule has 0 bridgehead atoms. The highest BCUT2D eigenvalue weighted by Crippen LogP contribution is 2.43. The Kier molecular flexibility index (Phi) is 10.2. The summed E-state index contributed by atoms with van der Waals surface area (Å²) in [4.78, 5) is 32.4. The highest BCUT2D eigenvalue weighted by atomic mass is 35.5. The van der Waals surface area contributed by atoms with Crippen LogP contribution in [0.2, 0.25) is 5.02 Å². The molecule has 1 saturated heterocycles. The second kappa shape index (κ2) is 14.4. The molecule has 1 saturated carbocycles. The Bertz CT molecular complexity index is 2000. The van der Waals surface area contributed by atoms with Crippen LogP contribution in [0.1, 0.15) is 69.6 Å². The fourth-order valence-corrected chi connectivity index (χ4v) is 6.68. The fourth-order valence-electron chi connectivity index (χ4n) is 6.49. The number of benzene rings is 2. The van der Waals surface area contributed by atoms with Gasteiger partial charge in [-0.1, -0.05) is 62.7 Å². The number of carbonyl (C=O) groups is 2. The van der Waals surface area contributed by atoms with Crippen molar-refractivity contribution >= 4 is 29.6 Å². The SMILES string of the molecule is CC(C)(C)C[C@]1(c2ccc(-c3cnn(C(F)F)c3)cc2)NC(=N)N([C@H](COC(=O)N[C@@H]2C[C@H]2C(F)F)c2ccc(Cl)c(-n3ncnc3C(F)F)c2)C1=O. The van der Waals surface area contributed by atoms with Crippen LogP contribution in [-0.2, 0) is 15.1 Å². The third kappa shape index (κ3) is 7.68. The number of hydrogen-bond acceptors (Lipinski definition) is 7. The molecular weight excluding hydrogens is 732 g/mol. The molecule has 1 aliphatic heterocycles. The third-order valence-electron chi connectivity index (χ3n) is 8.97. The molecule has 6 rings (SSSR count). The standard InChI is InChI=1S/C34H34ClF6N9O3/c1-33(2,3)15-34(20-7-4-17(5-8-20)19-12-44-48(13-19)30(40)41)29(51)49(31(42)47-34)25(14-53-32(52)46-23-11-21(23)26(36)37)18-6-9-22(35)24(10-18)50-28(27(38)39)43-16-45-50/h4-10,12-13,16,21,23,25-27,30H,11,14-15H2,1-3H3,(H2,42,47)(H,46,52)/t21-,23-,25-,34-/m1/s1. The summed E-state index contributed by atoms with van der Waals surface area (Å²) in [5.41, 5.74) is -0.561. The minimum atomic E-state index is -3.03. The number of ether oxygens (including phenoxy) is 1. The largest absolute Gasteiger partial charge is 0.447 e. The Morgan fingerprint density at radius 3 is 2.42 bits per heavy atom. The molecule has 0 radical (unpaired) electrons. The van der Waals surface area contributed by atoms with E-state index in [0.29, 0.717) is 21.4 Å². The lowest BCUT2D eigenvalue weighted by Crippen LogP contribution is -2.47. The van der Waals surface area contributed by atoms with Crippen molar-refractivity contribution in [1.29, 1.82) is 5.41 Å². The van der Waals surface area contributed by atoms with Crippen molar-refractivity contribution in [3.8, 4) is 16.8 Å². The molecule has 2 aromatic carbocycles. The van der Waals surface area contributed by atoms with Crippen LogP contribution in [-0.4, -0.2) is 66.5 Å². The van der Waals surface area contributed by atoms with E-state index in [1.165, 1.54) is 30.6 Å². The number of nitrogens with zero attached hydrogens (tertiary/aromatic N) is 6. The summed E-state index contributed by atoms with van der Waals surface area (Å²) in [5, 5.41) is 22.0. The van der Waals surface area contributed by atoms with Crippen molar-refractivity contribution in [2.24, 2.45) is 11.3 Å². The summed E-state index contributed by atoms with van der Waals surface area (Å²) in [7, 11) is 0. The van der Waals surface area contributed by atoms with Gasteiger partial charge in [0, 0.05) is 23.7 Å². The van der Waals surface area contributed by atoms with Gasteiger partial charge in [-0.25, -0.2) is 36.7 Å². The van der Waals surface area contributed by atoms with E-state index < -0.39 is 72.8 Å². The Labute approximate surface area is 304 Å². The summed E-state index contributed by atoms with van der Waals surface area (Å²) >= 11 is 6.42. The molecule has 0 spiro atoms. The van der Waals surface area contributed by atoms with E-state index >= 15 is 0 Å². The summed E-state index contributed by atoms with van der Waals surface area (Å²) < 4.78 is 87.0. The molecular formula is C34H34ClF6N9O3. The first-order valence-electron chi connectivity index (χ1n) is 16.3. The monoisotopic (exact) mass is 765 g/mol. The normalized spacial score (nSPS) is 20.7. The summed E-state index contributed by atoms with van der Waals surface area (Å²) in [6.07, 6.45) is -3.11. The second-order valence-electron chi connectivity index (χ2n) is 14.0. The van der Waals surface area contributed by atoms with Gasteiger partial charge in [-0.15, -0.1) is 0 Å². The van der Waals surface area contributed by atoms with Crippen molar-refractivity contribution in [3.05, 3.63) is 83.2 Å². The predicted octanol–water partition coefficient (Wildman–Crippen LogP) is 7.24. The Balaban J connectivity index is 1.38. The summed E-state index contributed by atoms with van der Waals surface area (Å²) in [5.74, 6) is -2.75. The van der Waals surface area contributed by atoms with Gasteiger partial charge in [-0.05, 0) is 47.1 Å². The van der Waals surface area contributed by atoms with Crippen molar-refractivity contribution in [1.82, 2.24) is 40.1 Å². The summed E-state index contributed by atoms with van der Waals surface area (Å²) in [6.45, 7) is 2.25. The second-order valence-corrected chi connectivity index (χ2v) is 14.4. The molecule has 3 N–H and O–H groups in total. The predicted molar refractivity (Wildman–Crippen MR) is 179 cm³/mol. The highest BCUT2D eigenvalue weighted by Gasteiger charge is 2.55. The van der Waals surface area contributed by atoms with Crippen LogP contribution in [0.15, 0.2) is 61.2 Å². The highest BCUT2D eigenvalue weighted by molar-refractivity contribution is 6.32. The molecule has 12 nitrogen and oxygen atoms in total. The molecule has 4 atom stereocenters. The van der Waals surface area contributed by atoms with E-state index in [0.717, 1.165) is 15.9 Å². The molecule has 0 unspecified atom stereocenters. The molecule has 2 aromatic heterocycles. The van der Waals surface area contributed by atoms with E-state index in [4.69, 9.17) is 21.7 Å². The third-order valence-corrected chi connectivity index (χ3v) is 9.29. The Morgan fingerprint density at radius 2 is 1.81 bits per heavy atom. The molecule has 53 heavy (non-hydrogen) atoms. The van der Waals surface area contributed by atoms with Crippen LogP contribution in [0.25, 0.3) is 16.8 Å². The Morgan fingerprint density at radius 1 is 1.09 bits per heavy atom. The number of alkyl carbamates (subject to hydrolysis) is 1. The van der Waals surface area contributed by atoms with Crippen LogP contribution in [0, 0.1) is 16.7 Å². The maximum absolute atomic E-state index is 14.9. The minimum absolute atomic E-state index is 0.00690. The lowest BCUT2D eigenvalue weighted by molar-refractivity contribution is -0.134. The van der Waals surface area contributed by atoms with E-state index in [-0.39, 0.29) is 35.1 Å². The maximum atomic E-state index is 14.9. The zero-order valence-electron chi connectivity index (χ0n) is 28.4. The van der Waals surface area contributed by atoms with E-state index in [2.05, 4.69) is 25.8 Å². The molecule has 2 amide bonds. The first-order chi connectivity index (χ1) is 25.0. The topological polar surface area (TPSA) is 143 Å². The van der Waals surface area contributed by atoms with E-state index in [1.54, 1.807) is 24.3 Å². The van der Waals surface area contributed by atoms with Gasteiger partial charge in [0.15, 0.2) is 11.8 Å². The van der Waals surface area contributed by atoms with Gasteiger partial charge >= 0.3 is 12.6 Å².